The van der Waals surface area contributed by atoms with Crippen LogP contribution in [-0.4, -0.2) is 28.4 Å². The minimum Gasteiger partial charge on any atom is -0.598 e. The molecule has 1 aromatic carbocycles. The molecule has 130 valence electrons. The first-order chi connectivity index (χ1) is 10.7. The van der Waals surface area contributed by atoms with Crippen LogP contribution < -0.4 is 4.72 Å². The molecule has 0 bridgehead atoms. The van der Waals surface area contributed by atoms with Gasteiger partial charge in [-0.3, -0.25) is 0 Å². The molecule has 0 radical (unpaired) electrons. The summed E-state index contributed by atoms with van der Waals surface area (Å²) < 4.78 is 20.1. The van der Waals surface area contributed by atoms with Crippen molar-refractivity contribution in [3.8, 4) is 0 Å². The van der Waals surface area contributed by atoms with Gasteiger partial charge in [-0.15, -0.1) is 4.72 Å². The number of hydrogen-bond acceptors (Lipinski definition) is 4. The maximum Gasteiger partial charge on any atom is 0.338 e. The van der Waals surface area contributed by atoms with Crippen LogP contribution in [0, 0.1) is 5.92 Å². The summed E-state index contributed by atoms with van der Waals surface area (Å²) in [6, 6.07) is 7.62. The van der Waals surface area contributed by atoms with Gasteiger partial charge in [-0.25, -0.2) is 4.79 Å². The molecular formula is C18H29NO3S. The van der Waals surface area contributed by atoms with Crippen LogP contribution >= 0.6 is 0 Å². The fraction of sp³-hybridized carbons (Fsp3) is 0.611. The zero-order valence-corrected chi connectivity index (χ0v) is 15.8. The van der Waals surface area contributed by atoms with Crippen LogP contribution in [0.4, 0.5) is 0 Å². The third-order valence-corrected chi connectivity index (χ3v) is 5.40. The van der Waals surface area contributed by atoms with Crippen molar-refractivity contribution in [1.29, 1.82) is 0 Å². The highest BCUT2D eigenvalue weighted by Gasteiger charge is 2.30. The van der Waals surface area contributed by atoms with Crippen LogP contribution in [0.1, 0.15) is 57.0 Å². The highest BCUT2D eigenvalue weighted by atomic mass is 32.2. The van der Waals surface area contributed by atoms with Crippen molar-refractivity contribution in [3.05, 3.63) is 35.4 Å². The smallest absolute Gasteiger partial charge is 0.338 e. The van der Waals surface area contributed by atoms with Crippen LogP contribution in [0.3, 0.4) is 0 Å². The Bertz CT molecular complexity index is 511. The largest absolute Gasteiger partial charge is 0.598 e. The van der Waals surface area contributed by atoms with Crippen molar-refractivity contribution in [2.45, 2.75) is 58.2 Å². The normalized spacial score (nSPS) is 14.6. The molecule has 0 saturated heterocycles. The van der Waals surface area contributed by atoms with Gasteiger partial charge in [0.1, 0.15) is 4.75 Å². The number of carbonyl (C=O) groups is 1. The second kappa shape index (κ2) is 8.71. The first-order valence-corrected chi connectivity index (χ1v) is 9.16. The van der Waals surface area contributed by atoms with E-state index >= 15 is 0 Å². The van der Waals surface area contributed by atoms with Gasteiger partial charge in [0.2, 0.25) is 0 Å². The number of ether oxygens (including phenoxy) is 1. The molecule has 0 fully saturated rings. The van der Waals surface area contributed by atoms with Crippen LogP contribution in [0.5, 0.6) is 0 Å². The third-order valence-electron chi connectivity index (χ3n) is 3.77. The first-order valence-electron chi connectivity index (χ1n) is 8.01. The molecular weight excluding hydrogens is 310 g/mol. The van der Waals surface area contributed by atoms with Crippen molar-refractivity contribution in [3.63, 3.8) is 0 Å². The molecule has 1 aromatic rings. The van der Waals surface area contributed by atoms with Gasteiger partial charge in [0, 0.05) is 11.4 Å². The molecule has 2 unspecified atom stereocenters. The standard InChI is InChI=1S/C18H29NO3S/c1-13(2)16(19-23(21)18(3,4)5)12-11-14-9-7-8-10-15(14)17(20)22-6/h7-10,13,16,19H,11-12H2,1-6H3. The highest BCUT2D eigenvalue weighted by Crippen LogP contribution is 2.20. The molecule has 5 heteroatoms. The van der Waals surface area contributed by atoms with Gasteiger partial charge < -0.3 is 9.29 Å². The number of hydrogen-bond donors (Lipinski definition) is 1. The Hall–Kier alpha value is -1.04. The van der Waals surface area contributed by atoms with Gasteiger partial charge in [0.15, 0.2) is 0 Å². The lowest BCUT2D eigenvalue weighted by molar-refractivity contribution is 0.0599. The lowest BCUT2D eigenvalue weighted by Crippen LogP contribution is -2.46. The minimum absolute atomic E-state index is 0.126. The lowest BCUT2D eigenvalue weighted by Gasteiger charge is -2.29. The summed E-state index contributed by atoms with van der Waals surface area (Å²) in [4.78, 5) is 11.8. The first kappa shape index (κ1) is 20.0. The molecule has 0 saturated carbocycles. The van der Waals surface area contributed by atoms with Crippen LogP contribution in [0.25, 0.3) is 0 Å². The molecule has 0 aliphatic rings. The van der Waals surface area contributed by atoms with E-state index < -0.39 is 11.4 Å². The molecule has 1 N–H and O–H groups in total. The van der Waals surface area contributed by atoms with Crippen LogP contribution in [-0.2, 0) is 22.5 Å². The quantitative estimate of drug-likeness (QED) is 0.610. The Morgan fingerprint density at radius 1 is 1.30 bits per heavy atom. The number of benzene rings is 1. The predicted octanol–water partition coefficient (Wildman–Crippen LogP) is 3.48. The fourth-order valence-electron chi connectivity index (χ4n) is 2.20. The summed E-state index contributed by atoms with van der Waals surface area (Å²) >= 11 is -1.10. The van der Waals surface area contributed by atoms with Crippen LogP contribution in [0.15, 0.2) is 24.3 Å². The van der Waals surface area contributed by atoms with E-state index in [1.54, 1.807) is 6.07 Å². The molecule has 1 rings (SSSR count). The summed E-state index contributed by atoms with van der Waals surface area (Å²) in [6.07, 6.45) is 1.55. The number of methoxy groups -OCH3 is 1. The Labute approximate surface area is 143 Å². The number of aryl methyl sites for hydroxylation is 1. The topological polar surface area (TPSA) is 61.4 Å². The van der Waals surface area contributed by atoms with E-state index in [1.807, 2.05) is 39.0 Å². The van der Waals surface area contributed by atoms with Gasteiger partial charge in [-0.1, -0.05) is 32.0 Å². The van der Waals surface area contributed by atoms with Crippen molar-refractivity contribution in [2.24, 2.45) is 5.92 Å². The van der Waals surface area contributed by atoms with Crippen molar-refractivity contribution in [1.82, 2.24) is 4.72 Å². The molecule has 23 heavy (non-hydrogen) atoms. The second-order valence-electron chi connectivity index (χ2n) is 7.04. The fourth-order valence-corrected chi connectivity index (χ4v) is 3.22. The Kier molecular flexibility index (Phi) is 7.58. The van der Waals surface area contributed by atoms with E-state index in [9.17, 15) is 9.35 Å². The van der Waals surface area contributed by atoms with Crippen molar-refractivity contribution < 1.29 is 14.1 Å². The average molecular weight is 340 g/mol. The minimum atomic E-state index is -1.10. The van der Waals surface area contributed by atoms with Crippen LogP contribution in [0.2, 0.25) is 0 Å². The van der Waals surface area contributed by atoms with E-state index in [0.29, 0.717) is 11.5 Å². The number of rotatable bonds is 7. The molecule has 0 aliphatic heterocycles. The predicted molar refractivity (Wildman–Crippen MR) is 95.8 cm³/mol. The maximum absolute atomic E-state index is 12.3. The van der Waals surface area contributed by atoms with Gasteiger partial charge in [-0.05, 0) is 51.2 Å². The zero-order chi connectivity index (χ0) is 17.6. The molecule has 0 amide bonds. The highest BCUT2D eigenvalue weighted by molar-refractivity contribution is 7.90. The Balaban J connectivity index is 2.79. The van der Waals surface area contributed by atoms with E-state index in [1.165, 1.54) is 7.11 Å². The summed E-state index contributed by atoms with van der Waals surface area (Å²) in [5.41, 5.74) is 1.57. The Morgan fingerprint density at radius 2 is 1.91 bits per heavy atom. The summed E-state index contributed by atoms with van der Waals surface area (Å²) in [7, 11) is 1.39. The van der Waals surface area contributed by atoms with E-state index in [0.717, 1.165) is 18.4 Å². The second-order valence-corrected chi connectivity index (χ2v) is 9.03. The number of carbonyl (C=O) groups excluding carboxylic acids is 1. The van der Waals surface area contributed by atoms with E-state index in [-0.39, 0.29) is 16.8 Å². The van der Waals surface area contributed by atoms with Crippen molar-refractivity contribution in [2.75, 3.05) is 7.11 Å². The van der Waals surface area contributed by atoms with E-state index in [4.69, 9.17) is 4.74 Å². The summed E-state index contributed by atoms with van der Waals surface area (Å²) in [5.74, 6) is 0.0412. The lowest BCUT2D eigenvalue weighted by atomic mass is 9.95. The monoisotopic (exact) mass is 339 g/mol. The summed E-state index contributed by atoms with van der Waals surface area (Å²) in [5, 5.41) is 0. The molecule has 2 atom stereocenters. The Morgan fingerprint density at radius 3 is 2.43 bits per heavy atom. The maximum atomic E-state index is 12.3. The SMILES string of the molecule is COC(=O)c1ccccc1CCC(N[S+]([O-])C(C)(C)C)C(C)C. The number of nitrogens with one attached hydrogen (secondary N) is 1. The molecule has 0 heterocycles. The molecule has 4 nitrogen and oxygen atoms in total. The zero-order valence-electron chi connectivity index (χ0n) is 15.0. The average Bonchev–Trinajstić information content (AvgIpc) is 2.49. The van der Waals surface area contributed by atoms with Crippen molar-refractivity contribution >= 4 is 17.3 Å². The molecule has 0 spiro atoms. The molecule has 0 aromatic heterocycles. The molecule has 0 aliphatic carbocycles. The summed E-state index contributed by atoms with van der Waals surface area (Å²) in [6.45, 7) is 10.1. The van der Waals surface area contributed by atoms with Gasteiger partial charge in [0.25, 0.3) is 0 Å². The van der Waals surface area contributed by atoms with Gasteiger partial charge >= 0.3 is 5.97 Å². The number of esters is 1. The van der Waals surface area contributed by atoms with E-state index in [2.05, 4.69) is 18.6 Å². The third kappa shape index (κ3) is 6.16. The van der Waals surface area contributed by atoms with Gasteiger partial charge in [-0.2, -0.15) is 0 Å². The van der Waals surface area contributed by atoms with Gasteiger partial charge in [0.05, 0.1) is 18.7 Å².